The van der Waals surface area contributed by atoms with Gasteiger partial charge in [-0.05, 0) is 81.5 Å². The van der Waals surface area contributed by atoms with Crippen LogP contribution in [0.1, 0.15) is 63.5 Å². The van der Waals surface area contributed by atoms with E-state index in [-0.39, 0.29) is 35.8 Å². The number of fused-ring (bicyclic) bond motifs is 2. The minimum atomic E-state index is -4.62. The van der Waals surface area contributed by atoms with E-state index in [1.54, 1.807) is 32.3 Å². The molecular weight excluding hydrogens is 753 g/mol. The number of carboxylic acids is 1. The quantitative estimate of drug-likeness (QED) is 0.0881. The van der Waals surface area contributed by atoms with Crippen LogP contribution in [-0.2, 0) is 55.5 Å². The Bertz CT molecular complexity index is 2150. The van der Waals surface area contributed by atoms with E-state index in [0.717, 1.165) is 5.71 Å². The highest BCUT2D eigenvalue weighted by Gasteiger charge is 2.48. The van der Waals surface area contributed by atoms with Gasteiger partial charge in [0.1, 0.15) is 6.54 Å². The summed E-state index contributed by atoms with van der Waals surface area (Å²) in [5.74, 6) is -1.54. The molecule has 2 aromatic carbocycles. The largest absolute Gasteiger partial charge is 0.481 e. The first kappa shape index (κ1) is 42.3. The number of methoxy groups -OCH3 is 2. The highest BCUT2D eigenvalue weighted by molar-refractivity contribution is 7.86. The minimum absolute atomic E-state index is 0.0218. The highest BCUT2D eigenvalue weighted by atomic mass is 32.2. The molecule has 2 aliphatic rings. The second kappa shape index (κ2) is 16.5. The van der Waals surface area contributed by atoms with Gasteiger partial charge in [-0.15, -0.1) is 0 Å². The first-order valence-corrected chi connectivity index (χ1v) is 21.4. The van der Waals surface area contributed by atoms with Crippen LogP contribution in [-0.4, -0.2) is 107 Å². The molecule has 2 atom stereocenters. The van der Waals surface area contributed by atoms with Gasteiger partial charge in [-0.2, -0.15) is 29.8 Å². The molecule has 0 bridgehead atoms. The van der Waals surface area contributed by atoms with Gasteiger partial charge >= 0.3 is 5.97 Å². The number of ether oxygens (including phenoxy) is 2. The van der Waals surface area contributed by atoms with Crippen LogP contribution < -0.4 is 4.90 Å². The number of nitrogens with zero attached hydrogens (tertiary/aromatic N) is 2. The van der Waals surface area contributed by atoms with E-state index in [1.807, 2.05) is 22.5 Å². The standard InChI is InChI=1S/C35H46N2O13S3/c1-34(16-20-49-3)27-23-25(52(43,44)45)12-14-29(27)36(18-7-5-6-11-33(38)39)31(34)9-8-10-32-35(2,17-22-51(40,41)42)28-24-26(53(46,47)48)13-15-30(28)37(32)19-21-50-4/h8-10,12-15,23-24H,5-7,11,16-22H2,1-4H3,(H3-,38,39,40,41,42,43,44,45,46,47,48)/p+1. The van der Waals surface area contributed by atoms with Crippen LogP contribution in [0.5, 0.6) is 0 Å². The van der Waals surface area contributed by atoms with E-state index in [2.05, 4.69) is 0 Å². The van der Waals surface area contributed by atoms with Gasteiger partial charge in [-0.3, -0.25) is 18.5 Å². The van der Waals surface area contributed by atoms with E-state index >= 15 is 0 Å². The number of carboxylic acid groups (broad SMARTS) is 1. The molecule has 15 nitrogen and oxygen atoms in total. The summed E-state index contributed by atoms with van der Waals surface area (Å²) in [6.45, 7) is 4.91. The third-order valence-electron chi connectivity index (χ3n) is 9.98. The van der Waals surface area contributed by atoms with Crippen molar-refractivity contribution in [1.29, 1.82) is 0 Å². The fourth-order valence-electron chi connectivity index (χ4n) is 7.17. The summed E-state index contributed by atoms with van der Waals surface area (Å²) < 4.78 is 115. The van der Waals surface area contributed by atoms with Crippen molar-refractivity contribution in [2.24, 2.45) is 0 Å². The lowest BCUT2D eigenvalue weighted by molar-refractivity contribution is -0.438. The van der Waals surface area contributed by atoms with Crippen LogP contribution in [0.15, 0.2) is 70.1 Å². The number of hydrogen-bond acceptors (Lipinski definition) is 10. The summed E-state index contributed by atoms with van der Waals surface area (Å²) in [7, 11) is -10.6. The smallest absolute Gasteiger partial charge is 0.303 e. The molecule has 292 valence electrons. The summed E-state index contributed by atoms with van der Waals surface area (Å²) in [6, 6.07) is 8.45. The molecule has 0 amide bonds. The first-order chi connectivity index (χ1) is 24.7. The average Bonchev–Trinajstić information content (AvgIpc) is 3.44. The average molecular weight is 800 g/mol. The van der Waals surface area contributed by atoms with Crippen LogP contribution in [0.25, 0.3) is 0 Å². The van der Waals surface area contributed by atoms with E-state index < -0.39 is 52.9 Å². The zero-order valence-electron chi connectivity index (χ0n) is 30.1. The van der Waals surface area contributed by atoms with E-state index in [1.165, 1.54) is 37.4 Å². The number of allylic oxidation sites excluding steroid dienone is 4. The number of anilines is 1. The van der Waals surface area contributed by atoms with Gasteiger partial charge in [0.05, 0.1) is 27.6 Å². The summed E-state index contributed by atoms with van der Waals surface area (Å²) in [6.07, 6.45) is 7.33. The monoisotopic (exact) mass is 799 g/mol. The van der Waals surface area contributed by atoms with Crippen molar-refractivity contribution in [3.63, 3.8) is 0 Å². The van der Waals surface area contributed by atoms with Gasteiger partial charge in [-0.1, -0.05) is 6.08 Å². The molecule has 0 saturated heterocycles. The van der Waals surface area contributed by atoms with Crippen molar-refractivity contribution < 1.29 is 62.9 Å². The van der Waals surface area contributed by atoms with Crippen LogP contribution in [0.2, 0.25) is 0 Å². The van der Waals surface area contributed by atoms with Crippen molar-refractivity contribution in [2.75, 3.05) is 51.2 Å². The summed E-state index contributed by atoms with van der Waals surface area (Å²) in [4.78, 5) is 12.3. The minimum Gasteiger partial charge on any atom is -0.481 e. The fraction of sp³-hybridized carbons (Fsp3) is 0.486. The van der Waals surface area contributed by atoms with E-state index in [4.69, 9.17) is 14.6 Å². The first-order valence-electron chi connectivity index (χ1n) is 16.9. The predicted octanol–water partition coefficient (Wildman–Crippen LogP) is 4.36. The maximum Gasteiger partial charge on any atom is 0.303 e. The van der Waals surface area contributed by atoms with Crippen molar-refractivity contribution >= 4 is 53.4 Å². The van der Waals surface area contributed by atoms with Crippen LogP contribution in [0.3, 0.4) is 0 Å². The number of unbranched alkanes of at least 4 members (excludes halogenated alkanes) is 2. The van der Waals surface area contributed by atoms with Crippen LogP contribution in [0.4, 0.5) is 11.4 Å². The lowest BCUT2D eigenvalue weighted by atomic mass is 9.76. The topological polar surface area (TPSA) is 225 Å². The van der Waals surface area contributed by atoms with Gasteiger partial charge in [-0.25, -0.2) is 0 Å². The molecular formula is C35H47N2O13S3+. The lowest BCUT2D eigenvalue weighted by Gasteiger charge is -2.30. The second-order valence-corrected chi connectivity index (χ2v) is 18.0. The van der Waals surface area contributed by atoms with Crippen molar-refractivity contribution in [3.05, 3.63) is 71.5 Å². The van der Waals surface area contributed by atoms with Crippen molar-refractivity contribution in [3.8, 4) is 0 Å². The Morgan fingerprint density at radius 2 is 1.45 bits per heavy atom. The number of hydrogen-bond donors (Lipinski definition) is 4. The predicted molar refractivity (Wildman–Crippen MR) is 197 cm³/mol. The third kappa shape index (κ3) is 9.61. The van der Waals surface area contributed by atoms with Crippen molar-refractivity contribution in [2.45, 2.75) is 73.0 Å². The molecule has 2 unspecified atom stereocenters. The molecule has 2 aliphatic heterocycles. The second-order valence-electron chi connectivity index (χ2n) is 13.5. The Balaban J connectivity index is 1.92. The molecule has 0 aromatic heterocycles. The van der Waals surface area contributed by atoms with Gasteiger partial charge in [0.2, 0.25) is 5.69 Å². The molecule has 4 N–H and O–H groups in total. The normalized spacial score (nSPS) is 21.2. The van der Waals surface area contributed by atoms with E-state index in [0.29, 0.717) is 67.0 Å². The van der Waals surface area contributed by atoms with Gasteiger partial charge in [0.15, 0.2) is 5.71 Å². The SMILES string of the molecule is COCCN1C(=CC=CC2=[N+](CCCCCC(=O)O)c3ccc(S(=O)(=O)O)cc3C2(C)CCOC)C(C)(CCS(=O)(=O)O)c2cc(S(=O)(=O)O)ccc21. The lowest BCUT2D eigenvalue weighted by Crippen LogP contribution is -2.33. The maximum absolute atomic E-state index is 12.2. The number of carbonyl (C=O) groups is 1. The van der Waals surface area contributed by atoms with Crippen LogP contribution >= 0.6 is 0 Å². The Morgan fingerprint density at radius 1 is 0.830 bits per heavy atom. The Kier molecular flexibility index (Phi) is 13.1. The zero-order chi connectivity index (χ0) is 39.4. The van der Waals surface area contributed by atoms with Crippen LogP contribution in [0, 0.1) is 0 Å². The third-order valence-corrected chi connectivity index (χ3v) is 12.4. The number of aliphatic carboxylic acids is 1. The molecule has 18 heteroatoms. The Labute approximate surface area is 310 Å². The number of benzene rings is 2. The summed E-state index contributed by atoms with van der Waals surface area (Å²) in [5, 5.41) is 9.11. The molecule has 2 heterocycles. The van der Waals surface area contributed by atoms with Gasteiger partial charge in [0.25, 0.3) is 30.4 Å². The molecule has 4 rings (SSSR count). The van der Waals surface area contributed by atoms with Gasteiger partial charge in [0, 0.05) is 74.7 Å². The maximum atomic E-state index is 12.2. The Hall–Kier alpha value is -3.49. The number of rotatable bonds is 19. The Morgan fingerprint density at radius 3 is 2.04 bits per heavy atom. The summed E-state index contributed by atoms with van der Waals surface area (Å²) in [5.41, 5.74) is 1.59. The molecule has 2 aromatic rings. The fourth-order valence-corrected chi connectivity index (χ4v) is 8.85. The molecule has 0 saturated carbocycles. The zero-order valence-corrected chi connectivity index (χ0v) is 32.5. The molecule has 0 aliphatic carbocycles. The van der Waals surface area contributed by atoms with Crippen molar-refractivity contribution in [1.82, 2.24) is 0 Å². The molecule has 53 heavy (non-hydrogen) atoms. The molecule has 0 radical (unpaired) electrons. The van der Waals surface area contributed by atoms with Gasteiger partial charge < -0.3 is 19.5 Å². The molecule has 0 spiro atoms. The molecule has 0 fully saturated rings. The highest BCUT2D eigenvalue weighted by Crippen LogP contribution is 2.51. The summed E-state index contributed by atoms with van der Waals surface area (Å²) >= 11 is 0. The van der Waals surface area contributed by atoms with E-state index in [9.17, 15) is 43.7 Å².